The first-order chi connectivity index (χ1) is 16.3. The van der Waals surface area contributed by atoms with Crippen molar-refractivity contribution in [1.82, 2.24) is 4.72 Å². The molecule has 0 bridgehead atoms. The van der Waals surface area contributed by atoms with E-state index in [9.17, 15) is 13.2 Å². The van der Waals surface area contributed by atoms with E-state index in [1.165, 1.54) is 30.3 Å². The molecule has 1 heterocycles. The number of carbonyl (C=O) groups excluding carboxylic acids is 1. The van der Waals surface area contributed by atoms with Gasteiger partial charge in [-0.15, -0.1) is 0 Å². The summed E-state index contributed by atoms with van der Waals surface area (Å²) in [5, 5.41) is 0.217. The third kappa shape index (κ3) is 5.87. The molecule has 0 aliphatic heterocycles. The number of hydrogen-bond acceptors (Lipinski definition) is 5. The van der Waals surface area contributed by atoms with Crippen molar-refractivity contribution < 1.29 is 22.4 Å². The summed E-state index contributed by atoms with van der Waals surface area (Å²) in [6.45, 7) is 0.751. The highest BCUT2D eigenvalue weighted by atomic mass is 35.5. The van der Waals surface area contributed by atoms with Crippen LogP contribution in [0.25, 0.3) is 11.3 Å². The van der Waals surface area contributed by atoms with Gasteiger partial charge < -0.3 is 9.15 Å². The van der Waals surface area contributed by atoms with E-state index in [0.717, 1.165) is 22.5 Å². The molecular weight excluding hydrogens is 497 g/mol. The summed E-state index contributed by atoms with van der Waals surface area (Å²) in [4.78, 5) is 12.2. The fraction of sp³-hybridized carbons (Fsp3) is 0.0800. The lowest BCUT2D eigenvalue weighted by Crippen LogP contribution is -2.30. The maximum atomic E-state index is 12.5. The second kappa shape index (κ2) is 10.4. The quantitative estimate of drug-likeness (QED) is 0.306. The van der Waals surface area contributed by atoms with Crippen LogP contribution in [-0.4, -0.2) is 14.3 Å². The molecule has 0 fully saturated rings. The lowest BCUT2D eigenvalue weighted by Gasteiger charge is -2.09. The summed E-state index contributed by atoms with van der Waals surface area (Å²) in [5.74, 6) is 0.0378. The lowest BCUT2D eigenvalue weighted by molar-refractivity contribution is 0.0980. The van der Waals surface area contributed by atoms with Gasteiger partial charge in [-0.2, -0.15) is 0 Å². The normalized spacial score (nSPS) is 11.4. The maximum Gasteiger partial charge on any atom is 0.265 e. The Bertz CT molecular complexity index is 1380. The van der Waals surface area contributed by atoms with Gasteiger partial charge in [0.2, 0.25) is 0 Å². The Hall–Kier alpha value is -3.10. The smallest absolute Gasteiger partial charge is 0.265 e. The number of benzene rings is 3. The average molecular weight is 516 g/mol. The molecule has 0 radical (unpaired) electrons. The first-order valence-corrected chi connectivity index (χ1v) is 12.4. The van der Waals surface area contributed by atoms with Crippen LogP contribution in [0.4, 0.5) is 0 Å². The van der Waals surface area contributed by atoms with E-state index in [1.807, 2.05) is 41.1 Å². The molecule has 0 spiro atoms. The number of furan rings is 1. The molecule has 6 nitrogen and oxygen atoms in total. The molecule has 9 heteroatoms. The first kappa shape index (κ1) is 24.0. The van der Waals surface area contributed by atoms with Gasteiger partial charge in [-0.1, -0.05) is 59.6 Å². The van der Waals surface area contributed by atoms with Gasteiger partial charge in [-0.3, -0.25) is 4.79 Å². The number of nitrogens with one attached hydrogen (secondary N) is 1. The summed E-state index contributed by atoms with van der Waals surface area (Å²) in [6, 6.07) is 22.0. The molecule has 4 rings (SSSR count). The topological polar surface area (TPSA) is 85.6 Å². The van der Waals surface area contributed by atoms with Crippen LogP contribution in [0.2, 0.25) is 10.0 Å². The van der Waals surface area contributed by atoms with Crippen molar-refractivity contribution >= 4 is 39.1 Å². The monoisotopic (exact) mass is 515 g/mol. The van der Waals surface area contributed by atoms with Crippen LogP contribution in [0.15, 0.2) is 94.4 Å². The summed E-state index contributed by atoms with van der Waals surface area (Å²) < 4.78 is 38.1. The zero-order chi connectivity index (χ0) is 24.1. The molecule has 174 valence electrons. The molecule has 0 aliphatic rings. The number of carbonyl (C=O) groups is 1. The average Bonchev–Trinajstić information content (AvgIpc) is 3.34. The standard InChI is InChI=1S/C25H19Cl2NO5S/c26-21-11-12-24(22(27)14-21)34(30,31)28-25(29)20-9-5-18(6-10-20)16-32-15-17-3-7-19(8-4-17)23-2-1-13-33-23/h1-14H,15-16H2,(H,28,29). The minimum Gasteiger partial charge on any atom is -0.464 e. The summed E-state index contributed by atoms with van der Waals surface area (Å²) >= 11 is 11.8. The second-order valence-corrected chi connectivity index (χ2v) is 9.87. The van der Waals surface area contributed by atoms with E-state index >= 15 is 0 Å². The number of amides is 1. The third-order valence-corrected chi connectivity index (χ3v) is 6.97. The molecule has 0 aliphatic carbocycles. The van der Waals surface area contributed by atoms with Crippen LogP contribution in [0.5, 0.6) is 0 Å². The zero-order valence-electron chi connectivity index (χ0n) is 17.7. The molecule has 1 N–H and O–H groups in total. The molecule has 1 aromatic heterocycles. The van der Waals surface area contributed by atoms with Gasteiger partial charge in [0.1, 0.15) is 10.7 Å². The molecular formula is C25H19Cl2NO5S. The Morgan fingerprint density at radius 2 is 1.53 bits per heavy atom. The highest BCUT2D eigenvalue weighted by Crippen LogP contribution is 2.25. The van der Waals surface area contributed by atoms with E-state index in [0.29, 0.717) is 18.2 Å². The van der Waals surface area contributed by atoms with Gasteiger partial charge in [0, 0.05) is 16.1 Å². The molecule has 34 heavy (non-hydrogen) atoms. The minimum atomic E-state index is -4.15. The van der Waals surface area contributed by atoms with Crippen molar-refractivity contribution in [3.05, 3.63) is 112 Å². The third-order valence-electron chi connectivity index (χ3n) is 4.92. The van der Waals surface area contributed by atoms with E-state index in [2.05, 4.69) is 0 Å². The van der Waals surface area contributed by atoms with Crippen LogP contribution in [0.1, 0.15) is 21.5 Å². The predicted molar refractivity (Wildman–Crippen MR) is 130 cm³/mol. The van der Waals surface area contributed by atoms with Gasteiger partial charge in [-0.25, -0.2) is 13.1 Å². The Balaban J connectivity index is 1.31. The Morgan fingerprint density at radius 3 is 2.12 bits per heavy atom. The van der Waals surface area contributed by atoms with Crippen LogP contribution in [-0.2, 0) is 28.0 Å². The van der Waals surface area contributed by atoms with E-state index < -0.39 is 15.9 Å². The fourth-order valence-electron chi connectivity index (χ4n) is 3.18. The number of sulfonamides is 1. The maximum absolute atomic E-state index is 12.5. The van der Waals surface area contributed by atoms with Crippen molar-refractivity contribution in [2.45, 2.75) is 18.1 Å². The van der Waals surface area contributed by atoms with E-state index in [4.69, 9.17) is 32.4 Å². The van der Waals surface area contributed by atoms with Gasteiger partial charge >= 0.3 is 0 Å². The van der Waals surface area contributed by atoms with Crippen LogP contribution < -0.4 is 4.72 Å². The summed E-state index contributed by atoms with van der Waals surface area (Å²) in [5.41, 5.74) is 3.03. The molecule has 4 aromatic rings. The lowest BCUT2D eigenvalue weighted by atomic mass is 10.1. The van der Waals surface area contributed by atoms with Crippen molar-refractivity contribution in [3.8, 4) is 11.3 Å². The van der Waals surface area contributed by atoms with E-state index in [1.54, 1.807) is 18.4 Å². The van der Waals surface area contributed by atoms with E-state index in [-0.39, 0.29) is 15.5 Å². The van der Waals surface area contributed by atoms with Crippen molar-refractivity contribution in [2.24, 2.45) is 0 Å². The fourth-order valence-corrected chi connectivity index (χ4v) is 4.92. The zero-order valence-corrected chi connectivity index (χ0v) is 20.0. The number of halogens is 2. The number of rotatable bonds is 8. The number of ether oxygens (including phenoxy) is 1. The van der Waals surface area contributed by atoms with Crippen LogP contribution in [0.3, 0.4) is 0 Å². The highest BCUT2D eigenvalue weighted by molar-refractivity contribution is 7.90. The molecule has 0 saturated heterocycles. The Labute approximate surface area is 207 Å². The first-order valence-electron chi connectivity index (χ1n) is 10.1. The van der Waals surface area contributed by atoms with Crippen molar-refractivity contribution in [3.63, 3.8) is 0 Å². The molecule has 0 saturated carbocycles. The molecule has 0 unspecified atom stereocenters. The van der Waals surface area contributed by atoms with Crippen molar-refractivity contribution in [1.29, 1.82) is 0 Å². The van der Waals surface area contributed by atoms with Crippen molar-refractivity contribution in [2.75, 3.05) is 0 Å². The van der Waals surface area contributed by atoms with Gasteiger partial charge in [-0.05, 0) is 53.6 Å². The minimum absolute atomic E-state index is 0.0732. The second-order valence-electron chi connectivity index (χ2n) is 7.37. The highest BCUT2D eigenvalue weighted by Gasteiger charge is 2.21. The molecule has 1 amide bonds. The Morgan fingerprint density at radius 1 is 0.882 bits per heavy atom. The summed E-state index contributed by atoms with van der Waals surface area (Å²) in [7, 11) is -4.15. The summed E-state index contributed by atoms with van der Waals surface area (Å²) in [6.07, 6.45) is 1.63. The van der Waals surface area contributed by atoms with Gasteiger partial charge in [0.05, 0.1) is 24.5 Å². The number of hydrogen-bond donors (Lipinski definition) is 1. The molecule has 3 aromatic carbocycles. The predicted octanol–water partition coefficient (Wildman–Crippen LogP) is 6.09. The van der Waals surface area contributed by atoms with Gasteiger partial charge in [0.25, 0.3) is 15.9 Å². The van der Waals surface area contributed by atoms with Gasteiger partial charge in [0.15, 0.2) is 0 Å². The molecule has 0 atom stereocenters. The SMILES string of the molecule is O=C(NS(=O)(=O)c1ccc(Cl)cc1Cl)c1ccc(COCc2ccc(-c3ccco3)cc2)cc1. The van der Waals surface area contributed by atoms with Crippen LogP contribution >= 0.6 is 23.2 Å². The van der Waals surface area contributed by atoms with Crippen LogP contribution in [0, 0.1) is 0 Å². The largest absolute Gasteiger partial charge is 0.464 e. The Kier molecular flexibility index (Phi) is 7.38.